The fourth-order valence-corrected chi connectivity index (χ4v) is 2.64. The van der Waals surface area contributed by atoms with E-state index in [9.17, 15) is 17.6 Å². The van der Waals surface area contributed by atoms with E-state index >= 15 is 0 Å². The smallest absolute Gasteiger partial charge is 0.393 e. The first-order chi connectivity index (χ1) is 10.9. The van der Waals surface area contributed by atoms with Crippen molar-refractivity contribution in [2.75, 3.05) is 18.0 Å². The van der Waals surface area contributed by atoms with E-state index in [1.807, 2.05) is 0 Å². The van der Waals surface area contributed by atoms with Gasteiger partial charge in [-0.15, -0.1) is 0 Å². The van der Waals surface area contributed by atoms with Gasteiger partial charge in [-0.1, -0.05) is 12.1 Å². The van der Waals surface area contributed by atoms with E-state index in [1.165, 1.54) is 12.1 Å². The number of benzene rings is 2. The second kappa shape index (κ2) is 6.10. The highest BCUT2D eigenvalue weighted by atomic mass is 19.4. The van der Waals surface area contributed by atoms with Crippen molar-refractivity contribution < 1.29 is 22.3 Å². The van der Waals surface area contributed by atoms with E-state index in [-0.39, 0.29) is 18.7 Å². The third-order valence-electron chi connectivity index (χ3n) is 3.92. The lowest BCUT2D eigenvalue weighted by Gasteiger charge is -2.20. The zero-order valence-corrected chi connectivity index (χ0v) is 12.2. The number of anilines is 1. The molecule has 0 spiro atoms. The molecule has 6 heteroatoms. The Labute approximate surface area is 131 Å². The largest absolute Gasteiger partial charge is 0.454 e. The Hall–Kier alpha value is -2.24. The summed E-state index contributed by atoms with van der Waals surface area (Å²) in [6.45, 7) is 0.342. The first-order valence-corrected chi connectivity index (χ1v) is 7.27. The van der Waals surface area contributed by atoms with Gasteiger partial charge < -0.3 is 9.64 Å². The Kier molecular flexibility index (Phi) is 4.15. The molecular formula is C17H15F4NO. The minimum absolute atomic E-state index is 0.0307. The lowest BCUT2D eigenvalue weighted by Crippen LogP contribution is -2.27. The Morgan fingerprint density at radius 1 is 1.00 bits per heavy atom. The van der Waals surface area contributed by atoms with E-state index in [1.54, 1.807) is 41.3 Å². The van der Waals surface area contributed by atoms with Gasteiger partial charge in [-0.3, -0.25) is 0 Å². The molecule has 0 radical (unpaired) electrons. The molecule has 1 saturated heterocycles. The maximum atomic E-state index is 13.5. The number of ether oxygens (including phenoxy) is 1. The molecule has 1 atom stereocenters. The molecular weight excluding hydrogens is 310 g/mol. The monoisotopic (exact) mass is 325 g/mol. The Bertz CT molecular complexity index is 669. The number of halogens is 4. The van der Waals surface area contributed by atoms with Crippen LogP contribution in [0.1, 0.15) is 6.42 Å². The van der Waals surface area contributed by atoms with Crippen LogP contribution in [0.5, 0.6) is 11.5 Å². The highest BCUT2D eigenvalue weighted by Crippen LogP contribution is 2.36. The summed E-state index contributed by atoms with van der Waals surface area (Å²) in [5.74, 6) is -1.20. The predicted octanol–water partition coefficient (Wildman–Crippen LogP) is 5.01. The summed E-state index contributed by atoms with van der Waals surface area (Å²) in [7, 11) is 0. The molecule has 0 amide bonds. The van der Waals surface area contributed by atoms with Crippen molar-refractivity contribution in [1.29, 1.82) is 0 Å². The fraction of sp³-hybridized carbons (Fsp3) is 0.294. The average molecular weight is 325 g/mol. The molecule has 0 N–H and O–H groups in total. The maximum Gasteiger partial charge on any atom is 0.393 e. The lowest BCUT2D eigenvalue weighted by molar-refractivity contribution is -0.168. The van der Waals surface area contributed by atoms with E-state index in [4.69, 9.17) is 4.74 Å². The van der Waals surface area contributed by atoms with Gasteiger partial charge in [-0.05, 0) is 42.8 Å². The van der Waals surface area contributed by atoms with Crippen LogP contribution < -0.4 is 9.64 Å². The minimum Gasteiger partial charge on any atom is -0.454 e. The zero-order valence-electron chi connectivity index (χ0n) is 12.2. The maximum absolute atomic E-state index is 13.5. The second-order valence-corrected chi connectivity index (χ2v) is 5.50. The molecule has 23 heavy (non-hydrogen) atoms. The van der Waals surface area contributed by atoms with Gasteiger partial charge >= 0.3 is 6.18 Å². The van der Waals surface area contributed by atoms with Crippen LogP contribution in [0.25, 0.3) is 0 Å². The topological polar surface area (TPSA) is 12.5 Å². The molecule has 2 aromatic carbocycles. The summed E-state index contributed by atoms with van der Waals surface area (Å²) in [5.41, 5.74) is 0.706. The molecule has 1 unspecified atom stereocenters. The van der Waals surface area contributed by atoms with Crippen LogP contribution in [0, 0.1) is 11.7 Å². The van der Waals surface area contributed by atoms with Crippen molar-refractivity contribution in [2.24, 2.45) is 5.92 Å². The Morgan fingerprint density at radius 3 is 2.30 bits per heavy atom. The predicted molar refractivity (Wildman–Crippen MR) is 79.3 cm³/mol. The molecule has 2 nitrogen and oxygen atoms in total. The quantitative estimate of drug-likeness (QED) is 0.736. The Morgan fingerprint density at radius 2 is 1.70 bits per heavy atom. The summed E-state index contributed by atoms with van der Waals surface area (Å²) in [4.78, 5) is 1.70. The van der Waals surface area contributed by atoms with E-state index in [0.29, 0.717) is 18.0 Å². The standard InChI is InChI=1S/C17H15F4NO/c18-15-3-1-2-4-16(15)23-14-7-5-13(6-8-14)22-10-9-12(11-22)17(19,20)21/h1-8,12H,9-11H2. The van der Waals surface area contributed by atoms with Gasteiger partial charge in [0.1, 0.15) is 5.75 Å². The van der Waals surface area contributed by atoms with Crippen molar-refractivity contribution in [1.82, 2.24) is 0 Å². The number of nitrogens with zero attached hydrogens (tertiary/aromatic N) is 1. The first-order valence-electron chi connectivity index (χ1n) is 7.27. The van der Waals surface area contributed by atoms with Gasteiger partial charge in [-0.2, -0.15) is 13.2 Å². The summed E-state index contributed by atoms with van der Waals surface area (Å²) in [6.07, 6.45) is -4.04. The number of para-hydroxylation sites is 1. The van der Waals surface area contributed by atoms with Gasteiger partial charge in [0.2, 0.25) is 0 Å². The molecule has 0 aliphatic carbocycles. The molecule has 0 bridgehead atoms. The van der Waals surface area contributed by atoms with Crippen molar-refractivity contribution in [2.45, 2.75) is 12.6 Å². The van der Waals surface area contributed by atoms with E-state index in [0.717, 1.165) is 0 Å². The van der Waals surface area contributed by atoms with Crippen LogP contribution in [-0.4, -0.2) is 19.3 Å². The van der Waals surface area contributed by atoms with Crippen molar-refractivity contribution in [3.63, 3.8) is 0 Å². The molecule has 122 valence electrons. The molecule has 1 heterocycles. The summed E-state index contributed by atoms with van der Waals surface area (Å²) < 4.78 is 57.1. The second-order valence-electron chi connectivity index (χ2n) is 5.50. The van der Waals surface area contributed by atoms with Crippen molar-refractivity contribution >= 4 is 5.69 Å². The van der Waals surface area contributed by atoms with Crippen LogP contribution in [0.2, 0.25) is 0 Å². The number of rotatable bonds is 3. The zero-order chi connectivity index (χ0) is 16.4. The molecule has 1 fully saturated rings. The molecule has 0 aromatic heterocycles. The van der Waals surface area contributed by atoms with Crippen molar-refractivity contribution in [3.05, 3.63) is 54.3 Å². The minimum atomic E-state index is -4.15. The summed E-state index contributed by atoms with van der Waals surface area (Å²) in [5, 5.41) is 0. The van der Waals surface area contributed by atoms with Gasteiger partial charge in [0.15, 0.2) is 11.6 Å². The number of hydrogen-bond acceptors (Lipinski definition) is 2. The number of hydrogen-bond donors (Lipinski definition) is 0. The molecule has 1 aliphatic rings. The number of alkyl halides is 3. The summed E-state index contributed by atoms with van der Waals surface area (Å²) >= 11 is 0. The van der Waals surface area contributed by atoms with Crippen LogP contribution in [0.3, 0.4) is 0 Å². The van der Waals surface area contributed by atoms with Gasteiger partial charge in [0.05, 0.1) is 5.92 Å². The van der Waals surface area contributed by atoms with Gasteiger partial charge in [-0.25, -0.2) is 4.39 Å². The van der Waals surface area contributed by atoms with E-state index < -0.39 is 17.9 Å². The van der Waals surface area contributed by atoms with Crippen LogP contribution in [0.4, 0.5) is 23.2 Å². The highest BCUT2D eigenvalue weighted by Gasteiger charge is 2.43. The van der Waals surface area contributed by atoms with Crippen LogP contribution in [-0.2, 0) is 0 Å². The third kappa shape index (κ3) is 3.57. The Balaban J connectivity index is 1.67. The van der Waals surface area contributed by atoms with E-state index in [2.05, 4.69) is 0 Å². The molecule has 3 rings (SSSR count). The molecule has 2 aromatic rings. The third-order valence-corrected chi connectivity index (χ3v) is 3.92. The van der Waals surface area contributed by atoms with Crippen molar-refractivity contribution in [3.8, 4) is 11.5 Å². The molecule has 1 aliphatic heterocycles. The van der Waals surface area contributed by atoms with Gasteiger partial charge in [0.25, 0.3) is 0 Å². The van der Waals surface area contributed by atoms with Gasteiger partial charge in [0, 0.05) is 18.8 Å². The fourth-order valence-electron chi connectivity index (χ4n) is 2.64. The normalized spacial score (nSPS) is 18.3. The lowest BCUT2D eigenvalue weighted by atomic mass is 10.1. The first kappa shape index (κ1) is 15.6. The average Bonchev–Trinajstić information content (AvgIpc) is 3.00. The van der Waals surface area contributed by atoms with Crippen LogP contribution in [0.15, 0.2) is 48.5 Å². The van der Waals surface area contributed by atoms with Crippen LogP contribution >= 0.6 is 0 Å². The highest BCUT2D eigenvalue weighted by molar-refractivity contribution is 5.50. The SMILES string of the molecule is Fc1ccccc1Oc1ccc(N2CCC(C(F)(F)F)C2)cc1. The summed E-state index contributed by atoms with van der Waals surface area (Å²) in [6, 6.07) is 12.7. The molecule has 0 saturated carbocycles.